The van der Waals surface area contributed by atoms with Crippen LogP contribution in [0.25, 0.3) is 0 Å². The number of rotatable bonds is 7. The maximum Gasteiger partial charge on any atom is 0.228 e. The van der Waals surface area contributed by atoms with E-state index in [-0.39, 0.29) is 18.4 Å². The number of amides is 1. The first-order valence-electron chi connectivity index (χ1n) is 8.20. The van der Waals surface area contributed by atoms with Crippen molar-refractivity contribution in [3.05, 3.63) is 47.6 Å². The van der Waals surface area contributed by atoms with Crippen LogP contribution in [0.3, 0.4) is 0 Å². The fourth-order valence-electron chi connectivity index (χ4n) is 2.60. The second kappa shape index (κ2) is 6.52. The van der Waals surface area contributed by atoms with Crippen molar-refractivity contribution in [3.8, 4) is 0 Å². The number of benzene rings is 1. The van der Waals surface area contributed by atoms with Gasteiger partial charge in [0, 0.05) is 6.42 Å². The first-order valence-corrected chi connectivity index (χ1v) is 8.20. The predicted molar refractivity (Wildman–Crippen MR) is 86.7 cm³/mol. The third-order valence-corrected chi connectivity index (χ3v) is 4.55. The summed E-state index contributed by atoms with van der Waals surface area (Å²) in [4.78, 5) is 16.4. The van der Waals surface area contributed by atoms with E-state index in [9.17, 15) is 4.79 Å². The van der Waals surface area contributed by atoms with Crippen LogP contribution in [-0.2, 0) is 17.6 Å². The van der Waals surface area contributed by atoms with E-state index in [1.54, 1.807) is 0 Å². The van der Waals surface area contributed by atoms with Crippen molar-refractivity contribution < 1.29 is 9.32 Å². The molecule has 0 bridgehead atoms. The van der Waals surface area contributed by atoms with Gasteiger partial charge in [0.25, 0.3) is 0 Å². The molecular formula is C18H23N3O2. The van der Waals surface area contributed by atoms with Crippen molar-refractivity contribution in [2.45, 2.75) is 52.0 Å². The number of nitrogens with one attached hydrogen (secondary N) is 1. The molecule has 5 nitrogen and oxygen atoms in total. The van der Waals surface area contributed by atoms with Crippen molar-refractivity contribution in [2.24, 2.45) is 5.41 Å². The SMILES string of the molecule is C[C@H](NC(=O)Cc1noc(CCC2(C)CC2)n1)c1ccccc1. The first-order chi connectivity index (χ1) is 11.0. The monoisotopic (exact) mass is 313 g/mol. The molecule has 1 heterocycles. The number of carbonyl (C=O) groups is 1. The highest BCUT2D eigenvalue weighted by Crippen LogP contribution is 2.48. The Labute approximate surface area is 136 Å². The molecule has 1 aromatic carbocycles. The zero-order valence-electron chi connectivity index (χ0n) is 13.7. The molecular weight excluding hydrogens is 290 g/mol. The summed E-state index contributed by atoms with van der Waals surface area (Å²) in [6, 6.07) is 9.84. The van der Waals surface area contributed by atoms with E-state index in [0.717, 1.165) is 18.4 Å². The summed E-state index contributed by atoms with van der Waals surface area (Å²) in [6.45, 7) is 4.24. The van der Waals surface area contributed by atoms with Crippen LogP contribution in [0.5, 0.6) is 0 Å². The van der Waals surface area contributed by atoms with Gasteiger partial charge in [-0.25, -0.2) is 0 Å². The first kappa shape index (κ1) is 15.7. The molecule has 1 N–H and O–H groups in total. The second-order valence-electron chi connectivity index (χ2n) is 6.79. The Morgan fingerprint density at radius 3 is 2.78 bits per heavy atom. The van der Waals surface area contributed by atoms with Crippen molar-refractivity contribution in [1.82, 2.24) is 15.5 Å². The maximum absolute atomic E-state index is 12.1. The normalized spacial score (nSPS) is 16.8. The zero-order chi connectivity index (χ0) is 16.3. The third-order valence-electron chi connectivity index (χ3n) is 4.55. The summed E-state index contributed by atoms with van der Waals surface area (Å²) in [7, 11) is 0. The molecule has 0 aliphatic heterocycles. The Kier molecular flexibility index (Phi) is 4.46. The smallest absolute Gasteiger partial charge is 0.228 e. The lowest BCUT2D eigenvalue weighted by Gasteiger charge is -2.13. The fraction of sp³-hybridized carbons (Fsp3) is 0.500. The van der Waals surface area contributed by atoms with Crippen molar-refractivity contribution in [2.75, 3.05) is 0 Å². The molecule has 1 aromatic heterocycles. The Bertz CT molecular complexity index is 662. The van der Waals surface area contributed by atoms with Crippen LogP contribution in [0.2, 0.25) is 0 Å². The van der Waals surface area contributed by atoms with Gasteiger partial charge in [0.05, 0.1) is 12.5 Å². The van der Waals surface area contributed by atoms with E-state index in [4.69, 9.17) is 4.52 Å². The molecule has 0 unspecified atom stereocenters. The number of aromatic nitrogens is 2. The molecule has 122 valence electrons. The lowest BCUT2D eigenvalue weighted by molar-refractivity contribution is -0.121. The highest BCUT2D eigenvalue weighted by atomic mass is 16.5. The van der Waals surface area contributed by atoms with E-state index in [1.807, 2.05) is 37.3 Å². The molecule has 23 heavy (non-hydrogen) atoms. The number of nitrogens with zero attached hydrogens (tertiary/aromatic N) is 2. The van der Waals surface area contributed by atoms with Gasteiger partial charge in [-0.2, -0.15) is 4.98 Å². The summed E-state index contributed by atoms with van der Waals surface area (Å²) >= 11 is 0. The summed E-state index contributed by atoms with van der Waals surface area (Å²) in [5.41, 5.74) is 1.55. The lowest BCUT2D eigenvalue weighted by atomic mass is 10.0. The van der Waals surface area contributed by atoms with Gasteiger partial charge >= 0.3 is 0 Å². The molecule has 5 heteroatoms. The van der Waals surface area contributed by atoms with Gasteiger partial charge in [-0.3, -0.25) is 4.79 Å². The Morgan fingerprint density at radius 1 is 1.35 bits per heavy atom. The zero-order valence-corrected chi connectivity index (χ0v) is 13.7. The van der Waals surface area contributed by atoms with Crippen LogP contribution < -0.4 is 5.32 Å². The minimum atomic E-state index is -0.0946. The van der Waals surface area contributed by atoms with Crippen LogP contribution in [0.1, 0.15) is 56.4 Å². The number of aryl methyl sites for hydroxylation is 1. The van der Waals surface area contributed by atoms with Gasteiger partial charge in [-0.1, -0.05) is 42.4 Å². The molecule has 0 saturated heterocycles. The van der Waals surface area contributed by atoms with Crippen molar-refractivity contribution in [1.29, 1.82) is 0 Å². The molecule has 0 spiro atoms. The predicted octanol–water partition coefficient (Wildman–Crippen LogP) is 3.22. The molecule has 1 aliphatic rings. The Hall–Kier alpha value is -2.17. The van der Waals surface area contributed by atoms with E-state index >= 15 is 0 Å². The third kappa shape index (κ3) is 4.41. The van der Waals surface area contributed by atoms with Crippen molar-refractivity contribution in [3.63, 3.8) is 0 Å². The molecule has 1 amide bonds. The summed E-state index contributed by atoms with van der Waals surface area (Å²) in [5, 5.41) is 6.87. The Balaban J connectivity index is 1.49. The number of hydrogen-bond donors (Lipinski definition) is 1. The van der Waals surface area contributed by atoms with E-state index in [1.165, 1.54) is 12.8 Å². The van der Waals surface area contributed by atoms with Crippen LogP contribution in [0.15, 0.2) is 34.9 Å². The average molecular weight is 313 g/mol. The standard InChI is InChI=1S/C18H23N3O2/c1-13(14-6-4-3-5-7-14)19-16(22)12-15-20-17(23-21-15)8-9-18(2)10-11-18/h3-7,13H,8-12H2,1-2H3,(H,19,22)/t13-/m0/s1. The van der Waals surface area contributed by atoms with E-state index in [0.29, 0.717) is 17.1 Å². The summed E-state index contributed by atoms with van der Waals surface area (Å²) < 4.78 is 5.24. The van der Waals surface area contributed by atoms with Gasteiger partial charge in [0.1, 0.15) is 0 Å². The Morgan fingerprint density at radius 2 is 2.09 bits per heavy atom. The van der Waals surface area contributed by atoms with Gasteiger partial charge in [-0.05, 0) is 37.2 Å². The molecule has 2 aromatic rings. The van der Waals surface area contributed by atoms with Crippen molar-refractivity contribution >= 4 is 5.91 Å². The quantitative estimate of drug-likeness (QED) is 0.852. The summed E-state index contributed by atoms with van der Waals surface area (Å²) in [6.07, 6.45) is 4.59. The van der Waals surface area contributed by atoms with Crippen LogP contribution in [0, 0.1) is 5.41 Å². The molecule has 1 saturated carbocycles. The minimum Gasteiger partial charge on any atom is -0.349 e. The minimum absolute atomic E-state index is 0.0371. The van der Waals surface area contributed by atoms with Gasteiger partial charge < -0.3 is 9.84 Å². The fourth-order valence-corrected chi connectivity index (χ4v) is 2.60. The number of carbonyl (C=O) groups excluding carboxylic acids is 1. The highest BCUT2D eigenvalue weighted by Gasteiger charge is 2.36. The van der Waals surface area contributed by atoms with Crippen LogP contribution in [0.4, 0.5) is 0 Å². The number of hydrogen-bond acceptors (Lipinski definition) is 4. The van der Waals surface area contributed by atoms with E-state index in [2.05, 4.69) is 22.4 Å². The molecule has 3 rings (SSSR count). The van der Waals surface area contributed by atoms with Gasteiger partial charge in [0.15, 0.2) is 5.82 Å². The lowest BCUT2D eigenvalue weighted by Crippen LogP contribution is -2.28. The van der Waals surface area contributed by atoms with Gasteiger partial charge in [0.2, 0.25) is 11.8 Å². The maximum atomic E-state index is 12.1. The highest BCUT2D eigenvalue weighted by molar-refractivity contribution is 5.78. The summed E-state index contributed by atoms with van der Waals surface area (Å²) in [5.74, 6) is 0.999. The largest absolute Gasteiger partial charge is 0.349 e. The topological polar surface area (TPSA) is 68.0 Å². The van der Waals surface area contributed by atoms with Crippen LogP contribution in [-0.4, -0.2) is 16.0 Å². The molecule has 1 fully saturated rings. The average Bonchev–Trinajstić information content (AvgIpc) is 3.11. The van der Waals surface area contributed by atoms with Crippen LogP contribution >= 0.6 is 0 Å². The van der Waals surface area contributed by atoms with E-state index < -0.39 is 0 Å². The van der Waals surface area contributed by atoms with Gasteiger partial charge in [-0.15, -0.1) is 0 Å². The second-order valence-corrected chi connectivity index (χ2v) is 6.79. The molecule has 1 atom stereocenters. The molecule has 1 aliphatic carbocycles. The molecule has 0 radical (unpaired) electrons.